The summed E-state index contributed by atoms with van der Waals surface area (Å²) in [6.45, 7) is 0.967. The maximum atomic E-state index is 12.5. The summed E-state index contributed by atoms with van der Waals surface area (Å²) in [5, 5.41) is 1.79. The molecule has 0 amide bonds. The Hall–Kier alpha value is -2.98. The molecular weight excluding hydrogens is 360 g/mol. The van der Waals surface area contributed by atoms with Gasteiger partial charge in [0.05, 0.1) is 12.7 Å². The summed E-state index contributed by atoms with van der Waals surface area (Å²) in [7, 11) is 1.92. The van der Waals surface area contributed by atoms with E-state index in [0.29, 0.717) is 23.9 Å². The maximum Gasteiger partial charge on any atom is 0.223 e. The predicted molar refractivity (Wildman–Crippen MR) is 109 cm³/mol. The smallest absolute Gasteiger partial charge is 0.223 e. The van der Waals surface area contributed by atoms with Crippen LogP contribution in [-0.2, 0) is 20.2 Å². The maximum absolute atomic E-state index is 12.5. The minimum atomic E-state index is -0.112. The highest BCUT2D eigenvalue weighted by Crippen LogP contribution is 2.21. The zero-order chi connectivity index (χ0) is 18.8. The van der Waals surface area contributed by atoms with E-state index in [1.807, 2.05) is 72.4 Å². The highest BCUT2D eigenvalue weighted by atomic mass is 35.5. The van der Waals surface area contributed by atoms with Gasteiger partial charge in [-0.1, -0.05) is 41.9 Å². The van der Waals surface area contributed by atoms with Crippen molar-refractivity contribution < 1.29 is 4.74 Å². The van der Waals surface area contributed by atoms with Crippen LogP contribution in [0.15, 0.2) is 77.9 Å². The van der Waals surface area contributed by atoms with Crippen LogP contribution in [0.5, 0.6) is 5.75 Å². The van der Waals surface area contributed by atoms with E-state index in [-0.39, 0.29) is 5.43 Å². The second kappa shape index (κ2) is 7.33. The Morgan fingerprint density at radius 1 is 1.04 bits per heavy atom. The molecule has 0 aliphatic rings. The minimum absolute atomic E-state index is 0.112. The van der Waals surface area contributed by atoms with Crippen LogP contribution in [-0.4, -0.2) is 9.13 Å². The van der Waals surface area contributed by atoms with E-state index in [1.54, 1.807) is 12.3 Å². The normalized spacial score (nSPS) is 11.0. The van der Waals surface area contributed by atoms with Crippen molar-refractivity contribution in [1.29, 1.82) is 0 Å². The molecule has 0 N–H and O–H groups in total. The SMILES string of the molecule is Cn1cc(OCc2ccccc2)c(=O)cc1Cn1ccc2cc(Cl)ccc21. The molecule has 0 fully saturated rings. The molecule has 136 valence electrons. The minimum Gasteiger partial charge on any atom is -0.483 e. The van der Waals surface area contributed by atoms with E-state index < -0.39 is 0 Å². The summed E-state index contributed by atoms with van der Waals surface area (Å²) >= 11 is 6.06. The van der Waals surface area contributed by atoms with Crippen LogP contribution in [0, 0.1) is 0 Å². The van der Waals surface area contributed by atoms with Crippen molar-refractivity contribution in [1.82, 2.24) is 9.13 Å². The van der Waals surface area contributed by atoms with Gasteiger partial charge in [0.2, 0.25) is 5.43 Å². The number of aryl methyl sites for hydroxylation is 1. The number of ether oxygens (including phenoxy) is 1. The van der Waals surface area contributed by atoms with Crippen molar-refractivity contribution in [3.8, 4) is 5.75 Å². The van der Waals surface area contributed by atoms with Crippen molar-refractivity contribution in [2.45, 2.75) is 13.2 Å². The third-order valence-electron chi connectivity index (χ3n) is 4.61. The van der Waals surface area contributed by atoms with Crippen LogP contribution < -0.4 is 10.2 Å². The van der Waals surface area contributed by atoms with E-state index in [0.717, 1.165) is 22.2 Å². The predicted octanol–water partition coefficient (Wildman–Crippen LogP) is 4.62. The van der Waals surface area contributed by atoms with Crippen LogP contribution in [0.3, 0.4) is 0 Å². The van der Waals surface area contributed by atoms with Crippen LogP contribution in [0.25, 0.3) is 10.9 Å². The van der Waals surface area contributed by atoms with Crippen molar-refractivity contribution in [2.24, 2.45) is 7.05 Å². The molecule has 0 saturated carbocycles. The van der Waals surface area contributed by atoms with E-state index in [2.05, 4.69) is 4.57 Å². The Morgan fingerprint density at radius 3 is 2.67 bits per heavy atom. The number of pyridine rings is 1. The van der Waals surface area contributed by atoms with Crippen molar-refractivity contribution >= 4 is 22.5 Å². The standard InChI is InChI=1S/C22H19ClN2O2/c1-24-14-22(27-15-16-5-3-2-4-6-16)21(26)12-19(24)13-25-10-9-17-11-18(23)7-8-20(17)25/h2-12,14H,13,15H2,1H3. The molecule has 0 unspecified atom stereocenters. The number of rotatable bonds is 5. The first-order valence-corrected chi connectivity index (χ1v) is 9.08. The first-order chi connectivity index (χ1) is 13.1. The van der Waals surface area contributed by atoms with Crippen molar-refractivity contribution in [3.05, 3.63) is 99.6 Å². The lowest BCUT2D eigenvalue weighted by molar-refractivity contribution is 0.300. The Balaban J connectivity index is 1.57. The average Bonchev–Trinajstić information content (AvgIpc) is 3.06. The van der Waals surface area contributed by atoms with Gasteiger partial charge >= 0.3 is 0 Å². The fraction of sp³-hybridized carbons (Fsp3) is 0.136. The summed E-state index contributed by atoms with van der Waals surface area (Å²) in [6, 6.07) is 19.3. The molecule has 0 aliphatic carbocycles. The summed E-state index contributed by atoms with van der Waals surface area (Å²) in [6.07, 6.45) is 3.76. The van der Waals surface area contributed by atoms with E-state index in [9.17, 15) is 4.79 Å². The Labute approximate surface area is 162 Å². The largest absolute Gasteiger partial charge is 0.483 e. The molecule has 27 heavy (non-hydrogen) atoms. The monoisotopic (exact) mass is 378 g/mol. The number of halogens is 1. The topological polar surface area (TPSA) is 36.2 Å². The Bertz CT molecular complexity index is 1150. The number of nitrogens with zero attached hydrogens (tertiary/aromatic N) is 2. The van der Waals surface area contributed by atoms with Gasteiger partial charge in [0.15, 0.2) is 5.75 Å². The van der Waals surface area contributed by atoms with Gasteiger partial charge in [-0.3, -0.25) is 4.79 Å². The van der Waals surface area contributed by atoms with Crippen LogP contribution in [0.2, 0.25) is 5.02 Å². The highest BCUT2D eigenvalue weighted by molar-refractivity contribution is 6.31. The average molecular weight is 379 g/mol. The van der Waals surface area contributed by atoms with Gasteiger partial charge in [-0.15, -0.1) is 0 Å². The lowest BCUT2D eigenvalue weighted by Gasteiger charge is -2.13. The molecule has 0 bridgehead atoms. The van der Waals surface area contributed by atoms with Crippen molar-refractivity contribution in [3.63, 3.8) is 0 Å². The van der Waals surface area contributed by atoms with Crippen molar-refractivity contribution in [2.75, 3.05) is 0 Å². The van der Waals surface area contributed by atoms with Gasteiger partial charge in [-0.05, 0) is 29.8 Å². The first kappa shape index (κ1) is 17.4. The zero-order valence-corrected chi connectivity index (χ0v) is 15.7. The third kappa shape index (κ3) is 3.76. The molecule has 0 saturated heterocycles. The number of fused-ring (bicyclic) bond motifs is 1. The zero-order valence-electron chi connectivity index (χ0n) is 14.9. The first-order valence-electron chi connectivity index (χ1n) is 8.71. The third-order valence-corrected chi connectivity index (χ3v) is 4.84. The van der Waals surface area contributed by atoms with E-state index in [4.69, 9.17) is 16.3 Å². The van der Waals surface area contributed by atoms with E-state index >= 15 is 0 Å². The molecular formula is C22H19ClN2O2. The van der Waals surface area contributed by atoms with Gasteiger partial charge in [0, 0.05) is 40.9 Å². The van der Waals surface area contributed by atoms with Crippen LogP contribution in [0.4, 0.5) is 0 Å². The summed E-state index contributed by atoms with van der Waals surface area (Å²) in [5.41, 5.74) is 2.90. The molecule has 0 spiro atoms. The van der Waals surface area contributed by atoms with Crippen LogP contribution in [0.1, 0.15) is 11.3 Å². The fourth-order valence-corrected chi connectivity index (χ4v) is 3.31. The quantitative estimate of drug-likeness (QED) is 0.508. The van der Waals surface area contributed by atoms with Gasteiger partial charge < -0.3 is 13.9 Å². The molecule has 4 aromatic rings. The van der Waals surface area contributed by atoms with E-state index in [1.165, 1.54) is 0 Å². The summed E-state index contributed by atoms with van der Waals surface area (Å²) < 4.78 is 9.76. The van der Waals surface area contributed by atoms with Gasteiger partial charge in [-0.25, -0.2) is 0 Å². The second-order valence-electron chi connectivity index (χ2n) is 6.53. The van der Waals surface area contributed by atoms with Gasteiger partial charge in [0.25, 0.3) is 0 Å². The lowest BCUT2D eigenvalue weighted by atomic mass is 10.2. The Morgan fingerprint density at radius 2 is 1.85 bits per heavy atom. The molecule has 0 aliphatic heterocycles. The summed E-state index contributed by atoms with van der Waals surface area (Å²) in [5.74, 6) is 0.356. The molecule has 2 aromatic heterocycles. The van der Waals surface area contributed by atoms with Crippen LogP contribution >= 0.6 is 11.6 Å². The molecule has 2 aromatic carbocycles. The highest BCUT2D eigenvalue weighted by Gasteiger charge is 2.09. The second-order valence-corrected chi connectivity index (χ2v) is 6.96. The lowest BCUT2D eigenvalue weighted by Crippen LogP contribution is -2.15. The summed E-state index contributed by atoms with van der Waals surface area (Å²) in [4.78, 5) is 12.5. The molecule has 4 rings (SSSR count). The molecule has 0 radical (unpaired) electrons. The molecule has 4 nitrogen and oxygen atoms in total. The number of hydrogen-bond acceptors (Lipinski definition) is 2. The van der Waals surface area contributed by atoms with Gasteiger partial charge in [-0.2, -0.15) is 0 Å². The Kier molecular flexibility index (Phi) is 4.73. The molecule has 0 atom stereocenters. The number of hydrogen-bond donors (Lipinski definition) is 0. The molecule has 2 heterocycles. The van der Waals surface area contributed by atoms with Gasteiger partial charge in [0.1, 0.15) is 6.61 Å². The fourth-order valence-electron chi connectivity index (χ4n) is 3.13. The molecule has 5 heteroatoms. The number of aromatic nitrogens is 2. The number of benzene rings is 2.